The van der Waals surface area contributed by atoms with E-state index < -0.39 is 29.0 Å². The maximum atomic E-state index is 13.5. The number of benzene rings is 2. The van der Waals surface area contributed by atoms with Gasteiger partial charge < -0.3 is 10.3 Å². The van der Waals surface area contributed by atoms with Gasteiger partial charge >= 0.3 is 17.5 Å². The number of fused-ring (bicyclic) bond motifs is 1. The highest BCUT2D eigenvalue weighted by Gasteiger charge is 2.33. The average Bonchev–Trinajstić information content (AvgIpc) is 3.17. The molecule has 8 nitrogen and oxygen atoms in total. The van der Waals surface area contributed by atoms with Crippen LogP contribution in [0.5, 0.6) is 0 Å². The van der Waals surface area contributed by atoms with Crippen LogP contribution in [-0.2, 0) is 21.8 Å². The van der Waals surface area contributed by atoms with Crippen molar-refractivity contribution in [3.05, 3.63) is 78.2 Å². The molecule has 3 N–H and O–H groups in total. The smallest absolute Gasteiger partial charge is 0.364 e. The molecule has 2 aromatic heterocycles. The van der Waals surface area contributed by atoms with E-state index in [2.05, 4.69) is 4.98 Å². The topological polar surface area (TPSA) is 111 Å². The van der Waals surface area contributed by atoms with Crippen LogP contribution in [0.15, 0.2) is 67.0 Å². The van der Waals surface area contributed by atoms with Gasteiger partial charge in [-0.3, -0.25) is 14.3 Å². The molecule has 0 bridgehead atoms. The maximum absolute atomic E-state index is 13.5. The third-order valence-corrected chi connectivity index (χ3v) is 5.47. The van der Waals surface area contributed by atoms with Gasteiger partial charge in [0.05, 0.1) is 16.8 Å². The van der Waals surface area contributed by atoms with Crippen molar-refractivity contribution in [3.63, 3.8) is 0 Å². The Morgan fingerprint density at radius 2 is 1.94 bits per heavy atom. The number of nitrogens with zero attached hydrogens (tertiary/aromatic N) is 3. The molecule has 1 atom stereocenters. The maximum Gasteiger partial charge on any atom is 0.417 e. The van der Waals surface area contributed by atoms with Crippen molar-refractivity contribution in [3.8, 4) is 16.8 Å². The zero-order chi connectivity index (χ0) is 24.6. The standard InChI is InChI=1S/C22H17F3N4O4S/c1-28(33-34(31)32)15-6-5-14-10-20(21(26)30)29(19(14)11-15)16-4-2-3-13(9-16)17-12-27-8-7-18(17)22(23,24)25/h2-12H,1H3,(H2,26,30)(H,31,32). The van der Waals surface area contributed by atoms with Crippen LogP contribution >= 0.6 is 0 Å². The van der Waals surface area contributed by atoms with Crippen LogP contribution in [-0.4, -0.2) is 31.3 Å². The van der Waals surface area contributed by atoms with Crippen molar-refractivity contribution in [2.75, 3.05) is 12.1 Å². The fourth-order valence-corrected chi connectivity index (χ4v) is 3.94. The third-order valence-electron chi connectivity index (χ3n) is 5.12. The number of halogens is 3. The molecule has 4 aromatic rings. The summed E-state index contributed by atoms with van der Waals surface area (Å²) in [5.74, 6) is -0.749. The van der Waals surface area contributed by atoms with Gasteiger partial charge in [-0.1, -0.05) is 18.2 Å². The Kier molecular flexibility index (Phi) is 6.13. The molecule has 0 fully saturated rings. The molecule has 0 radical (unpaired) electrons. The number of hydroxylamine groups is 1. The van der Waals surface area contributed by atoms with E-state index >= 15 is 0 Å². The fourth-order valence-electron chi connectivity index (χ4n) is 3.67. The summed E-state index contributed by atoms with van der Waals surface area (Å²) in [5, 5.41) is 1.68. The third kappa shape index (κ3) is 4.51. The van der Waals surface area contributed by atoms with Gasteiger partial charge in [0.2, 0.25) is 0 Å². The number of aromatic nitrogens is 2. The number of hydrogen-bond donors (Lipinski definition) is 2. The van der Waals surface area contributed by atoms with E-state index in [1.165, 1.54) is 23.7 Å². The van der Waals surface area contributed by atoms with Crippen molar-refractivity contribution in [2.45, 2.75) is 6.18 Å². The Hall–Kier alpha value is -3.74. The zero-order valence-corrected chi connectivity index (χ0v) is 18.3. The van der Waals surface area contributed by atoms with E-state index in [1.807, 2.05) is 0 Å². The predicted molar refractivity (Wildman–Crippen MR) is 120 cm³/mol. The summed E-state index contributed by atoms with van der Waals surface area (Å²) in [5.41, 5.74) is 6.20. The lowest BCUT2D eigenvalue weighted by atomic mass is 10.0. The quantitative estimate of drug-likeness (QED) is 0.308. The predicted octanol–water partition coefficient (Wildman–Crippen LogP) is 4.31. The number of amides is 1. The molecule has 2 heterocycles. The minimum Gasteiger partial charge on any atom is -0.364 e. The second-order valence-electron chi connectivity index (χ2n) is 7.23. The van der Waals surface area contributed by atoms with E-state index in [0.717, 1.165) is 23.5 Å². The molecule has 0 aliphatic rings. The van der Waals surface area contributed by atoms with Crippen LogP contribution in [0, 0.1) is 0 Å². The van der Waals surface area contributed by atoms with Crippen LogP contribution in [0.25, 0.3) is 27.7 Å². The lowest BCUT2D eigenvalue weighted by molar-refractivity contribution is -0.137. The van der Waals surface area contributed by atoms with Crippen LogP contribution in [0.2, 0.25) is 0 Å². The van der Waals surface area contributed by atoms with E-state index in [-0.39, 0.29) is 16.8 Å². The number of carbonyl (C=O) groups excluding carboxylic acids is 1. The SMILES string of the molecule is CN(OS(=O)O)c1ccc2cc(C(N)=O)n(-c3cccc(-c4cnccc4C(F)(F)F)c3)c2c1. The first-order chi connectivity index (χ1) is 16.1. The Labute approximate surface area is 193 Å². The molecule has 0 saturated heterocycles. The highest BCUT2D eigenvalue weighted by Crippen LogP contribution is 2.37. The molecular weight excluding hydrogens is 473 g/mol. The number of nitrogens with two attached hydrogens (primary N) is 1. The zero-order valence-electron chi connectivity index (χ0n) is 17.5. The van der Waals surface area contributed by atoms with Crippen molar-refractivity contribution < 1.29 is 31.0 Å². The summed E-state index contributed by atoms with van der Waals surface area (Å²) in [7, 11) is 1.42. The molecule has 12 heteroatoms. The molecule has 1 amide bonds. The Balaban J connectivity index is 1.91. The number of anilines is 1. The summed E-state index contributed by atoms with van der Waals surface area (Å²) < 4.78 is 66.9. The number of alkyl halides is 3. The van der Waals surface area contributed by atoms with Gasteiger partial charge in [-0.15, -0.1) is 4.28 Å². The summed E-state index contributed by atoms with van der Waals surface area (Å²) >= 11 is -2.56. The summed E-state index contributed by atoms with van der Waals surface area (Å²) in [6.45, 7) is 0. The van der Waals surface area contributed by atoms with Gasteiger partial charge in [0.15, 0.2) is 0 Å². The minimum absolute atomic E-state index is 0.0980. The number of primary amides is 1. The van der Waals surface area contributed by atoms with E-state index in [0.29, 0.717) is 22.3 Å². The largest absolute Gasteiger partial charge is 0.417 e. The molecule has 0 aliphatic heterocycles. The number of carbonyl (C=O) groups is 1. The molecular formula is C22H17F3N4O4S. The van der Waals surface area contributed by atoms with E-state index in [4.69, 9.17) is 14.6 Å². The van der Waals surface area contributed by atoms with Gasteiger partial charge in [-0.05, 0) is 42.0 Å². The van der Waals surface area contributed by atoms with Crippen molar-refractivity contribution in [1.29, 1.82) is 0 Å². The molecule has 176 valence electrons. The lowest BCUT2D eigenvalue weighted by Crippen LogP contribution is -2.19. The highest BCUT2D eigenvalue weighted by molar-refractivity contribution is 7.74. The second-order valence-corrected chi connectivity index (χ2v) is 7.81. The highest BCUT2D eigenvalue weighted by atomic mass is 32.2. The molecule has 2 aromatic carbocycles. The molecule has 0 spiro atoms. The van der Waals surface area contributed by atoms with Crippen molar-refractivity contribution in [2.24, 2.45) is 5.73 Å². The van der Waals surface area contributed by atoms with Crippen molar-refractivity contribution in [1.82, 2.24) is 9.55 Å². The Morgan fingerprint density at radius 1 is 1.18 bits per heavy atom. The van der Waals surface area contributed by atoms with Crippen LogP contribution < -0.4 is 10.8 Å². The number of hydrogen-bond acceptors (Lipinski definition) is 5. The Bertz CT molecular complexity index is 1420. The molecule has 1 unspecified atom stereocenters. The Morgan fingerprint density at radius 3 is 2.62 bits per heavy atom. The fraction of sp³-hybridized carbons (Fsp3) is 0.0909. The molecule has 4 rings (SSSR count). The second kappa shape index (κ2) is 8.89. The van der Waals surface area contributed by atoms with Gasteiger partial charge in [-0.2, -0.15) is 17.4 Å². The summed E-state index contributed by atoms with van der Waals surface area (Å²) in [6.07, 6.45) is -2.39. The van der Waals surface area contributed by atoms with Gasteiger partial charge in [-0.25, -0.2) is 5.06 Å². The van der Waals surface area contributed by atoms with E-state index in [9.17, 15) is 22.2 Å². The molecule has 34 heavy (non-hydrogen) atoms. The summed E-state index contributed by atoms with van der Waals surface area (Å²) in [4.78, 5) is 16.0. The van der Waals surface area contributed by atoms with Crippen LogP contribution in [0.1, 0.15) is 16.1 Å². The normalized spacial score (nSPS) is 12.6. The van der Waals surface area contributed by atoms with Gasteiger partial charge in [0.25, 0.3) is 5.91 Å². The summed E-state index contributed by atoms with van der Waals surface area (Å²) in [6, 6.07) is 13.5. The minimum atomic E-state index is -4.58. The monoisotopic (exact) mass is 490 g/mol. The van der Waals surface area contributed by atoms with Crippen LogP contribution in [0.3, 0.4) is 0 Å². The average molecular weight is 490 g/mol. The van der Waals surface area contributed by atoms with Gasteiger partial charge in [0, 0.05) is 36.1 Å². The van der Waals surface area contributed by atoms with Gasteiger partial charge in [0.1, 0.15) is 5.69 Å². The first-order valence-corrected chi connectivity index (χ1v) is 10.7. The van der Waals surface area contributed by atoms with Crippen molar-refractivity contribution >= 4 is 33.9 Å². The number of pyridine rings is 1. The van der Waals surface area contributed by atoms with E-state index in [1.54, 1.807) is 36.4 Å². The molecule has 0 saturated carbocycles. The lowest BCUT2D eigenvalue weighted by Gasteiger charge is -2.17. The number of rotatable bonds is 6. The first-order valence-electron chi connectivity index (χ1n) is 9.66. The first kappa shape index (κ1) is 23.4. The molecule has 0 aliphatic carbocycles. The van der Waals surface area contributed by atoms with Crippen LogP contribution in [0.4, 0.5) is 18.9 Å².